The molecule has 1 fully saturated rings. The van der Waals surface area contributed by atoms with Gasteiger partial charge in [-0.2, -0.15) is 0 Å². The van der Waals surface area contributed by atoms with Crippen molar-refractivity contribution in [1.82, 2.24) is 9.88 Å². The molecule has 116 valence electrons. The minimum absolute atomic E-state index is 0. The van der Waals surface area contributed by atoms with Gasteiger partial charge in [0.1, 0.15) is 0 Å². The Morgan fingerprint density at radius 3 is 2.75 bits per heavy atom. The molecule has 0 aliphatic carbocycles. The lowest BCUT2D eigenvalue weighted by molar-refractivity contribution is -0.131. The van der Waals surface area contributed by atoms with E-state index in [1.807, 2.05) is 23.4 Å². The number of nitrogens with zero attached hydrogens (tertiary/aromatic N) is 3. The fourth-order valence-electron chi connectivity index (χ4n) is 2.13. The first-order valence-electron chi connectivity index (χ1n) is 6.34. The number of halogens is 2. The van der Waals surface area contributed by atoms with Gasteiger partial charge in [0.2, 0.25) is 5.91 Å². The molecular weight excluding hydrogens is 319 g/mol. The van der Waals surface area contributed by atoms with Crippen molar-refractivity contribution >= 4 is 47.2 Å². The lowest BCUT2D eigenvalue weighted by Gasteiger charge is -2.22. The zero-order chi connectivity index (χ0) is 13.0. The van der Waals surface area contributed by atoms with Crippen molar-refractivity contribution in [3.63, 3.8) is 0 Å². The third kappa shape index (κ3) is 5.44. The molecule has 20 heavy (non-hydrogen) atoms. The number of aromatic nitrogens is 1. The van der Waals surface area contributed by atoms with Crippen molar-refractivity contribution in [2.45, 2.75) is 25.8 Å². The lowest BCUT2D eigenvalue weighted by atomic mass is 10.2. The largest absolute Gasteiger partial charge is 0.346 e. The van der Waals surface area contributed by atoms with Gasteiger partial charge < -0.3 is 15.5 Å². The Bertz CT molecular complexity index is 389. The highest BCUT2D eigenvalue weighted by atomic mass is 35.5. The number of anilines is 1. The topological polar surface area (TPSA) is 62.5 Å². The molecule has 1 unspecified atom stereocenters. The van der Waals surface area contributed by atoms with Gasteiger partial charge in [-0.15, -0.1) is 36.2 Å². The molecule has 1 aromatic heterocycles. The maximum absolute atomic E-state index is 12.0. The van der Waals surface area contributed by atoms with Crippen molar-refractivity contribution in [3.8, 4) is 0 Å². The molecule has 0 aromatic carbocycles. The number of thiazole rings is 1. The first kappa shape index (κ1) is 19.4. The van der Waals surface area contributed by atoms with Crippen LogP contribution in [0.15, 0.2) is 11.6 Å². The molecule has 2 N–H and O–H groups in total. The van der Waals surface area contributed by atoms with E-state index in [0.29, 0.717) is 6.42 Å². The molecule has 5 nitrogen and oxygen atoms in total. The standard InChI is InChI=1S/C12H20N4OS.2ClH/c1-10(13)9-11(17)15-4-2-5-16(7-6-15)12-14-3-8-18-12;;/h3,8,10H,2,4-7,9,13H2,1H3;2*1H. The summed E-state index contributed by atoms with van der Waals surface area (Å²) in [6.07, 6.45) is 3.26. The lowest BCUT2D eigenvalue weighted by Crippen LogP contribution is -2.37. The normalized spacial score (nSPS) is 16.7. The summed E-state index contributed by atoms with van der Waals surface area (Å²) in [4.78, 5) is 20.5. The SMILES string of the molecule is CC(N)CC(=O)N1CCCN(c2nccs2)CC1.Cl.Cl. The van der Waals surface area contributed by atoms with Crippen LogP contribution in [0.25, 0.3) is 0 Å². The quantitative estimate of drug-likeness (QED) is 0.910. The van der Waals surface area contributed by atoms with Crippen LogP contribution in [-0.4, -0.2) is 48.0 Å². The number of carbonyl (C=O) groups is 1. The van der Waals surface area contributed by atoms with Crippen LogP contribution in [0.5, 0.6) is 0 Å². The van der Waals surface area contributed by atoms with Gasteiger partial charge in [-0.05, 0) is 13.3 Å². The molecule has 0 saturated carbocycles. The van der Waals surface area contributed by atoms with Gasteiger partial charge in [-0.25, -0.2) is 4.98 Å². The number of carbonyl (C=O) groups excluding carboxylic acids is 1. The number of hydrogen-bond acceptors (Lipinski definition) is 5. The Kier molecular flexibility index (Phi) is 9.13. The molecule has 8 heteroatoms. The van der Waals surface area contributed by atoms with E-state index in [2.05, 4.69) is 9.88 Å². The van der Waals surface area contributed by atoms with Crippen molar-refractivity contribution in [3.05, 3.63) is 11.6 Å². The minimum Gasteiger partial charge on any atom is -0.346 e. The van der Waals surface area contributed by atoms with Crippen LogP contribution in [0.4, 0.5) is 5.13 Å². The molecule has 1 aliphatic rings. The summed E-state index contributed by atoms with van der Waals surface area (Å²) in [5.74, 6) is 0.172. The van der Waals surface area contributed by atoms with Crippen LogP contribution in [0.2, 0.25) is 0 Å². The first-order valence-corrected chi connectivity index (χ1v) is 7.22. The van der Waals surface area contributed by atoms with Gasteiger partial charge in [0.25, 0.3) is 0 Å². The van der Waals surface area contributed by atoms with Gasteiger partial charge >= 0.3 is 0 Å². The van der Waals surface area contributed by atoms with E-state index in [9.17, 15) is 4.79 Å². The van der Waals surface area contributed by atoms with Crippen LogP contribution >= 0.6 is 36.2 Å². The van der Waals surface area contributed by atoms with Crippen LogP contribution in [0.3, 0.4) is 0 Å². The van der Waals surface area contributed by atoms with Gasteiger partial charge in [0.05, 0.1) is 0 Å². The van der Waals surface area contributed by atoms with E-state index in [4.69, 9.17) is 5.73 Å². The molecule has 2 rings (SSSR count). The average Bonchev–Trinajstić information content (AvgIpc) is 2.72. The monoisotopic (exact) mass is 340 g/mol. The summed E-state index contributed by atoms with van der Waals surface area (Å²) in [7, 11) is 0. The highest BCUT2D eigenvalue weighted by Crippen LogP contribution is 2.19. The predicted octanol–water partition coefficient (Wildman–Crippen LogP) is 1.76. The number of amides is 1. The number of nitrogens with two attached hydrogens (primary N) is 1. The van der Waals surface area contributed by atoms with Gasteiger partial charge in [0, 0.05) is 50.2 Å². The summed E-state index contributed by atoms with van der Waals surface area (Å²) in [5.41, 5.74) is 5.68. The Labute approximate surface area is 136 Å². The van der Waals surface area contributed by atoms with E-state index < -0.39 is 0 Å². The van der Waals surface area contributed by atoms with Crippen LogP contribution in [0, 0.1) is 0 Å². The fraction of sp³-hybridized carbons (Fsp3) is 0.667. The summed E-state index contributed by atoms with van der Waals surface area (Å²) in [5, 5.41) is 3.04. The second-order valence-corrected chi connectivity index (χ2v) is 5.59. The third-order valence-corrected chi connectivity index (χ3v) is 3.87. The summed E-state index contributed by atoms with van der Waals surface area (Å²) in [6, 6.07) is -0.0594. The number of hydrogen-bond donors (Lipinski definition) is 1. The molecule has 1 aliphatic heterocycles. The first-order chi connectivity index (χ1) is 8.66. The summed E-state index contributed by atoms with van der Waals surface area (Å²) < 4.78 is 0. The van der Waals surface area contributed by atoms with Crippen LogP contribution in [0.1, 0.15) is 19.8 Å². The molecule has 0 bridgehead atoms. The van der Waals surface area contributed by atoms with Gasteiger partial charge in [-0.3, -0.25) is 4.79 Å². The Morgan fingerprint density at radius 1 is 1.40 bits per heavy atom. The van der Waals surface area contributed by atoms with Crippen molar-refractivity contribution < 1.29 is 4.79 Å². The van der Waals surface area contributed by atoms with Crippen LogP contribution in [-0.2, 0) is 4.79 Å². The predicted molar refractivity (Wildman–Crippen MR) is 88.3 cm³/mol. The maximum Gasteiger partial charge on any atom is 0.224 e. The molecule has 1 amide bonds. The van der Waals surface area contributed by atoms with Gasteiger partial charge in [-0.1, -0.05) is 0 Å². The zero-order valence-electron chi connectivity index (χ0n) is 11.5. The number of rotatable bonds is 3. The van der Waals surface area contributed by atoms with E-state index in [1.54, 1.807) is 11.3 Å². The van der Waals surface area contributed by atoms with E-state index in [-0.39, 0.29) is 36.8 Å². The Balaban J connectivity index is 0.00000180. The highest BCUT2D eigenvalue weighted by molar-refractivity contribution is 7.13. The van der Waals surface area contributed by atoms with Crippen molar-refractivity contribution in [2.24, 2.45) is 5.73 Å². The maximum atomic E-state index is 12.0. The average molecular weight is 341 g/mol. The van der Waals surface area contributed by atoms with E-state index in [0.717, 1.165) is 37.7 Å². The van der Waals surface area contributed by atoms with Crippen molar-refractivity contribution in [2.75, 3.05) is 31.1 Å². The Morgan fingerprint density at radius 2 is 2.15 bits per heavy atom. The molecule has 2 heterocycles. The molecule has 1 saturated heterocycles. The zero-order valence-corrected chi connectivity index (χ0v) is 14.0. The summed E-state index contributed by atoms with van der Waals surface area (Å²) in [6.45, 7) is 5.30. The smallest absolute Gasteiger partial charge is 0.224 e. The second-order valence-electron chi connectivity index (χ2n) is 4.72. The Hall–Kier alpha value is -0.560. The molecular formula is C12H22Cl2N4OS. The fourth-order valence-corrected chi connectivity index (χ4v) is 2.83. The van der Waals surface area contributed by atoms with Crippen LogP contribution < -0.4 is 10.6 Å². The second kappa shape index (κ2) is 9.39. The molecule has 1 atom stereocenters. The highest BCUT2D eigenvalue weighted by Gasteiger charge is 2.20. The van der Waals surface area contributed by atoms with E-state index in [1.165, 1.54) is 0 Å². The van der Waals surface area contributed by atoms with Crippen molar-refractivity contribution in [1.29, 1.82) is 0 Å². The molecule has 0 radical (unpaired) electrons. The van der Waals surface area contributed by atoms with Gasteiger partial charge in [0.15, 0.2) is 5.13 Å². The summed E-state index contributed by atoms with van der Waals surface area (Å²) >= 11 is 1.65. The third-order valence-electron chi connectivity index (χ3n) is 3.04. The minimum atomic E-state index is -0.0594. The van der Waals surface area contributed by atoms with E-state index >= 15 is 0 Å². The molecule has 0 spiro atoms. The molecule has 1 aromatic rings.